The first-order chi connectivity index (χ1) is 11.6. The Hall–Kier alpha value is -1.34. The molecule has 7 heteroatoms. The molecule has 0 bridgehead atoms. The second kappa shape index (κ2) is 8.16. The van der Waals surface area contributed by atoms with Crippen LogP contribution < -0.4 is 5.32 Å². The molecule has 3 rings (SSSR count). The first-order valence-corrected chi connectivity index (χ1v) is 10.2. The van der Waals surface area contributed by atoms with E-state index in [1.807, 2.05) is 36.5 Å². The number of carbonyl (C=O) groups is 1. The van der Waals surface area contributed by atoms with Gasteiger partial charge in [0.05, 0.1) is 0 Å². The first kappa shape index (κ1) is 17.5. The third-order valence-electron chi connectivity index (χ3n) is 4.44. The Morgan fingerprint density at radius 1 is 1.42 bits per heavy atom. The summed E-state index contributed by atoms with van der Waals surface area (Å²) in [7, 11) is 1.91. The predicted molar refractivity (Wildman–Crippen MR) is 98.4 cm³/mol. The molecule has 1 N–H and O–H groups in total. The number of amides is 1. The van der Waals surface area contributed by atoms with Gasteiger partial charge in [0, 0.05) is 47.7 Å². The quantitative estimate of drug-likeness (QED) is 0.854. The zero-order valence-electron chi connectivity index (χ0n) is 14.2. The van der Waals surface area contributed by atoms with Crippen LogP contribution in [0.4, 0.5) is 0 Å². The van der Waals surface area contributed by atoms with Crippen molar-refractivity contribution in [1.82, 2.24) is 20.1 Å². The topological polar surface area (TPSA) is 59.8 Å². The van der Waals surface area contributed by atoms with Crippen molar-refractivity contribution in [2.75, 3.05) is 0 Å². The van der Waals surface area contributed by atoms with Crippen LogP contribution in [-0.2, 0) is 18.3 Å². The van der Waals surface area contributed by atoms with Crippen molar-refractivity contribution in [3.63, 3.8) is 0 Å². The van der Waals surface area contributed by atoms with E-state index in [1.54, 1.807) is 17.5 Å². The maximum atomic E-state index is 12.1. The van der Waals surface area contributed by atoms with Gasteiger partial charge in [-0.3, -0.25) is 9.48 Å². The Morgan fingerprint density at radius 3 is 2.83 bits per heavy atom. The van der Waals surface area contributed by atoms with Crippen LogP contribution in [0.3, 0.4) is 0 Å². The molecule has 2 aromatic rings. The monoisotopic (exact) mass is 364 g/mol. The van der Waals surface area contributed by atoms with Gasteiger partial charge in [-0.05, 0) is 45.1 Å². The van der Waals surface area contributed by atoms with Crippen LogP contribution in [0.25, 0.3) is 0 Å². The molecule has 0 radical (unpaired) electrons. The van der Waals surface area contributed by atoms with Crippen molar-refractivity contribution in [2.45, 2.75) is 61.1 Å². The van der Waals surface area contributed by atoms with Crippen LogP contribution in [-0.4, -0.2) is 32.0 Å². The Bertz CT molecular complexity index is 674. The number of thiazole rings is 1. The molecular weight excluding hydrogens is 340 g/mol. The van der Waals surface area contributed by atoms with E-state index >= 15 is 0 Å². The summed E-state index contributed by atoms with van der Waals surface area (Å²) < 4.78 is 3.01. The van der Waals surface area contributed by atoms with Crippen LogP contribution >= 0.6 is 23.1 Å². The fraction of sp³-hybridized carbons (Fsp3) is 0.588. The normalized spacial score (nSPS) is 20.9. The van der Waals surface area contributed by atoms with Gasteiger partial charge in [-0.15, -0.1) is 11.3 Å². The summed E-state index contributed by atoms with van der Waals surface area (Å²) in [4.78, 5) is 16.7. The largest absolute Gasteiger partial charge is 0.353 e. The maximum Gasteiger partial charge on any atom is 0.220 e. The van der Waals surface area contributed by atoms with Crippen LogP contribution in [0.1, 0.15) is 43.5 Å². The summed E-state index contributed by atoms with van der Waals surface area (Å²) in [5, 5.41) is 10.1. The summed E-state index contributed by atoms with van der Waals surface area (Å²) in [5.74, 6) is 0.155. The summed E-state index contributed by atoms with van der Waals surface area (Å²) in [6.07, 6.45) is 7.49. The van der Waals surface area contributed by atoms with Crippen molar-refractivity contribution in [3.05, 3.63) is 29.0 Å². The fourth-order valence-corrected chi connectivity index (χ4v) is 5.33. The van der Waals surface area contributed by atoms with Gasteiger partial charge >= 0.3 is 0 Å². The van der Waals surface area contributed by atoms with E-state index in [9.17, 15) is 4.79 Å². The van der Waals surface area contributed by atoms with E-state index in [4.69, 9.17) is 0 Å². The van der Waals surface area contributed by atoms with E-state index in [0.29, 0.717) is 17.7 Å². The van der Waals surface area contributed by atoms with Gasteiger partial charge in [0.1, 0.15) is 4.34 Å². The molecular formula is C17H24N4OS2. The molecule has 0 aliphatic heterocycles. The molecule has 130 valence electrons. The number of aromatic nitrogens is 3. The lowest BCUT2D eigenvalue weighted by atomic mass is 9.95. The SMILES string of the molecule is Cc1csc(SC2CCC(NC(=O)CCc3ccnn3C)CC2)n1. The first-order valence-electron chi connectivity index (χ1n) is 8.45. The molecule has 2 heterocycles. The third-order valence-corrected chi connectivity index (χ3v) is 6.86. The van der Waals surface area contributed by atoms with E-state index in [-0.39, 0.29) is 5.91 Å². The summed E-state index contributed by atoms with van der Waals surface area (Å²) in [5.41, 5.74) is 2.21. The van der Waals surface area contributed by atoms with Crippen molar-refractivity contribution < 1.29 is 4.79 Å². The van der Waals surface area contributed by atoms with E-state index in [0.717, 1.165) is 43.5 Å². The number of hydrogen-bond donors (Lipinski definition) is 1. The molecule has 0 aromatic carbocycles. The summed E-state index contributed by atoms with van der Waals surface area (Å²) in [6.45, 7) is 2.04. The minimum Gasteiger partial charge on any atom is -0.353 e. The summed E-state index contributed by atoms with van der Waals surface area (Å²) >= 11 is 3.64. The van der Waals surface area contributed by atoms with Gasteiger partial charge in [0.15, 0.2) is 0 Å². The number of nitrogens with zero attached hydrogens (tertiary/aromatic N) is 3. The van der Waals surface area contributed by atoms with Gasteiger partial charge < -0.3 is 5.32 Å². The van der Waals surface area contributed by atoms with Gasteiger partial charge in [-0.2, -0.15) is 5.10 Å². The molecule has 0 atom stereocenters. The molecule has 1 amide bonds. The highest BCUT2D eigenvalue weighted by atomic mass is 32.2. The van der Waals surface area contributed by atoms with Crippen LogP contribution in [0.5, 0.6) is 0 Å². The molecule has 1 fully saturated rings. The molecule has 2 aromatic heterocycles. The number of rotatable bonds is 6. The van der Waals surface area contributed by atoms with E-state index in [2.05, 4.69) is 20.8 Å². The molecule has 1 aliphatic rings. The summed E-state index contributed by atoms with van der Waals surface area (Å²) in [6, 6.07) is 2.30. The number of nitrogens with one attached hydrogen (secondary N) is 1. The minimum atomic E-state index is 0.155. The molecule has 1 aliphatic carbocycles. The third kappa shape index (κ3) is 4.83. The van der Waals surface area contributed by atoms with Gasteiger partial charge in [0.25, 0.3) is 0 Å². The fourth-order valence-electron chi connectivity index (χ4n) is 3.04. The van der Waals surface area contributed by atoms with Gasteiger partial charge in [-0.25, -0.2) is 4.98 Å². The maximum absolute atomic E-state index is 12.1. The molecule has 1 saturated carbocycles. The molecule has 24 heavy (non-hydrogen) atoms. The lowest BCUT2D eigenvalue weighted by Crippen LogP contribution is -2.38. The van der Waals surface area contributed by atoms with Crippen molar-refractivity contribution >= 4 is 29.0 Å². The average Bonchev–Trinajstić information content (AvgIpc) is 3.15. The smallest absolute Gasteiger partial charge is 0.220 e. The van der Waals surface area contributed by atoms with Crippen molar-refractivity contribution in [3.8, 4) is 0 Å². The number of hydrogen-bond acceptors (Lipinski definition) is 5. The Balaban J connectivity index is 1.37. The highest BCUT2D eigenvalue weighted by molar-refractivity contribution is 8.01. The van der Waals surface area contributed by atoms with E-state index in [1.165, 1.54) is 4.34 Å². The van der Waals surface area contributed by atoms with Crippen LogP contribution in [0.15, 0.2) is 22.0 Å². The zero-order chi connectivity index (χ0) is 16.9. The minimum absolute atomic E-state index is 0.155. The van der Waals surface area contributed by atoms with Crippen molar-refractivity contribution in [2.24, 2.45) is 7.05 Å². The predicted octanol–water partition coefficient (Wildman–Crippen LogP) is 3.34. The highest BCUT2D eigenvalue weighted by Crippen LogP contribution is 2.35. The molecule has 5 nitrogen and oxygen atoms in total. The van der Waals surface area contributed by atoms with Crippen LogP contribution in [0.2, 0.25) is 0 Å². The number of thioether (sulfide) groups is 1. The van der Waals surface area contributed by atoms with Gasteiger partial charge in [-0.1, -0.05) is 11.8 Å². The standard InChI is InChI=1S/C17H24N4OS2/c1-12-11-23-17(19-12)24-15-6-3-13(4-7-15)20-16(22)8-5-14-9-10-18-21(14)2/h9-11,13,15H,3-8H2,1-2H3,(H,20,22). The Morgan fingerprint density at radius 2 is 2.21 bits per heavy atom. The van der Waals surface area contributed by atoms with Crippen LogP contribution in [0, 0.1) is 6.92 Å². The Labute approximate surface area is 151 Å². The zero-order valence-corrected chi connectivity index (χ0v) is 15.8. The second-order valence-electron chi connectivity index (χ2n) is 6.36. The molecule has 0 spiro atoms. The van der Waals surface area contributed by atoms with E-state index < -0.39 is 0 Å². The highest BCUT2D eigenvalue weighted by Gasteiger charge is 2.23. The van der Waals surface area contributed by atoms with Crippen molar-refractivity contribution in [1.29, 1.82) is 0 Å². The molecule has 0 unspecified atom stereocenters. The second-order valence-corrected chi connectivity index (χ2v) is 8.77. The number of carbonyl (C=O) groups excluding carboxylic acids is 1. The lowest BCUT2D eigenvalue weighted by molar-refractivity contribution is -0.122. The molecule has 0 saturated heterocycles. The number of aryl methyl sites for hydroxylation is 3. The average molecular weight is 365 g/mol. The Kier molecular flexibility index (Phi) is 5.94. The van der Waals surface area contributed by atoms with Gasteiger partial charge in [0.2, 0.25) is 5.91 Å². The lowest BCUT2D eigenvalue weighted by Gasteiger charge is -2.28.